The Morgan fingerprint density at radius 3 is 2.11 bits per heavy atom. The number of carbonyl (C=O) groups is 3. The number of carbonyl (C=O) groups excluding carboxylic acids is 2. The highest BCUT2D eigenvalue weighted by Crippen LogP contribution is 2.44. The quantitative estimate of drug-likeness (QED) is 0.133. The number of rotatable bonds is 15. The number of esters is 1. The zero-order valence-electron chi connectivity index (χ0n) is 24.5. The summed E-state index contributed by atoms with van der Waals surface area (Å²) in [5.41, 5.74) is 2.21. The van der Waals surface area contributed by atoms with E-state index in [1.807, 2.05) is 54.6 Å². The molecule has 3 aromatic carbocycles. The SMILES string of the molecule is O=C(O)CCNC(=O)C(Cc1ccc(-c2ccccc2)cc1)NCP(=O)(O)OCC1(OC(=O)c2ccccc2)CCCCC1. The Hall–Kier alpha value is -3.82. The van der Waals surface area contributed by atoms with E-state index in [1.54, 1.807) is 30.3 Å². The fraction of sp³-hybridized carbons (Fsp3) is 0.364. The van der Waals surface area contributed by atoms with Gasteiger partial charge in [-0.2, -0.15) is 0 Å². The van der Waals surface area contributed by atoms with Gasteiger partial charge in [0.2, 0.25) is 5.91 Å². The summed E-state index contributed by atoms with van der Waals surface area (Å²) in [5.74, 6) is -2.07. The molecule has 0 spiro atoms. The molecule has 1 aliphatic rings. The lowest BCUT2D eigenvalue weighted by Crippen LogP contribution is -2.46. The first-order valence-corrected chi connectivity index (χ1v) is 16.5. The zero-order chi connectivity index (χ0) is 31.4. The predicted octanol–water partition coefficient (Wildman–Crippen LogP) is 5.16. The molecule has 0 aliphatic heterocycles. The Morgan fingerprint density at radius 1 is 0.864 bits per heavy atom. The highest BCUT2D eigenvalue weighted by molar-refractivity contribution is 7.52. The van der Waals surface area contributed by atoms with Gasteiger partial charge in [0.25, 0.3) is 0 Å². The average Bonchev–Trinajstić information content (AvgIpc) is 3.03. The molecular formula is C33H39N2O8P. The molecule has 0 heterocycles. The Kier molecular flexibility index (Phi) is 11.9. The van der Waals surface area contributed by atoms with Crippen LogP contribution in [0.1, 0.15) is 54.4 Å². The van der Waals surface area contributed by atoms with Crippen molar-refractivity contribution >= 4 is 25.4 Å². The molecule has 0 radical (unpaired) electrons. The third kappa shape index (κ3) is 10.1. The highest BCUT2D eigenvalue weighted by Gasteiger charge is 2.39. The van der Waals surface area contributed by atoms with E-state index in [4.69, 9.17) is 14.4 Å². The van der Waals surface area contributed by atoms with Crippen molar-refractivity contribution < 1.29 is 38.2 Å². The second-order valence-electron chi connectivity index (χ2n) is 11.0. The van der Waals surface area contributed by atoms with Gasteiger partial charge in [0.15, 0.2) is 0 Å². The molecule has 44 heavy (non-hydrogen) atoms. The van der Waals surface area contributed by atoms with Crippen LogP contribution >= 0.6 is 7.60 Å². The minimum atomic E-state index is -4.28. The second kappa shape index (κ2) is 15.8. The van der Waals surface area contributed by atoms with Crippen LogP contribution < -0.4 is 10.6 Å². The number of ether oxygens (including phenoxy) is 1. The summed E-state index contributed by atoms with van der Waals surface area (Å²) in [6, 6.07) is 25.1. The number of carboxylic acid groups (broad SMARTS) is 1. The van der Waals surface area contributed by atoms with Gasteiger partial charge in [0.05, 0.1) is 30.9 Å². The first kappa shape index (κ1) is 33.1. The minimum absolute atomic E-state index is 0.0815. The Morgan fingerprint density at radius 2 is 1.48 bits per heavy atom. The molecule has 10 nitrogen and oxygen atoms in total. The molecule has 1 aliphatic carbocycles. The summed E-state index contributed by atoms with van der Waals surface area (Å²) in [4.78, 5) is 47.5. The first-order chi connectivity index (χ1) is 21.1. The molecule has 1 fully saturated rings. The molecule has 4 N–H and O–H groups in total. The maximum atomic E-state index is 13.2. The lowest BCUT2D eigenvalue weighted by Gasteiger charge is -2.37. The fourth-order valence-corrected chi connectivity index (χ4v) is 6.14. The minimum Gasteiger partial charge on any atom is -0.481 e. The van der Waals surface area contributed by atoms with Crippen molar-refractivity contribution in [2.45, 2.75) is 56.6 Å². The number of benzene rings is 3. The van der Waals surface area contributed by atoms with Crippen LogP contribution in [-0.2, 0) is 29.8 Å². The van der Waals surface area contributed by atoms with Gasteiger partial charge in [-0.15, -0.1) is 0 Å². The van der Waals surface area contributed by atoms with Gasteiger partial charge < -0.3 is 24.6 Å². The van der Waals surface area contributed by atoms with Crippen LogP contribution in [0.15, 0.2) is 84.9 Å². The summed E-state index contributed by atoms with van der Waals surface area (Å²) >= 11 is 0. The van der Waals surface area contributed by atoms with Gasteiger partial charge >= 0.3 is 19.5 Å². The summed E-state index contributed by atoms with van der Waals surface area (Å²) in [6.07, 6.45) is 2.96. The number of aliphatic carboxylic acids is 1. The second-order valence-corrected chi connectivity index (χ2v) is 12.9. The van der Waals surface area contributed by atoms with E-state index >= 15 is 0 Å². The number of hydrogen-bond donors (Lipinski definition) is 4. The van der Waals surface area contributed by atoms with E-state index in [0.717, 1.165) is 36.0 Å². The van der Waals surface area contributed by atoms with Crippen molar-refractivity contribution in [3.63, 3.8) is 0 Å². The lowest BCUT2D eigenvalue weighted by molar-refractivity contribution is -0.137. The van der Waals surface area contributed by atoms with E-state index < -0.39 is 43.4 Å². The molecule has 3 aromatic rings. The van der Waals surface area contributed by atoms with E-state index in [-0.39, 0.29) is 26.0 Å². The third-order valence-electron chi connectivity index (χ3n) is 7.61. The van der Waals surface area contributed by atoms with Gasteiger partial charge in [0, 0.05) is 6.54 Å². The van der Waals surface area contributed by atoms with Gasteiger partial charge in [-0.25, -0.2) is 4.79 Å². The first-order valence-electron chi connectivity index (χ1n) is 14.8. The topological polar surface area (TPSA) is 151 Å². The molecule has 2 unspecified atom stereocenters. The smallest absolute Gasteiger partial charge is 0.341 e. The normalized spacial score (nSPS) is 16.3. The molecule has 2 atom stereocenters. The monoisotopic (exact) mass is 622 g/mol. The molecule has 0 bridgehead atoms. The van der Waals surface area contributed by atoms with Crippen molar-refractivity contribution in [3.05, 3.63) is 96.1 Å². The molecule has 1 amide bonds. The van der Waals surface area contributed by atoms with Gasteiger partial charge in [-0.1, -0.05) is 79.2 Å². The van der Waals surface area contributed by atoms with Crippen LogP contribution in [-0.4, -0.2) is 58.9 Å². The Labute approximate surface area is 257 Å². The van der Waals surface area contributed by atoms with Crippen LogP contribution in [0.25, 0.3) is 11.1 Å². The van der Waals surface area contributed by atoms with Crippen LogP contribution in [0.3, 0.4) is 0 Å². The Balaban J connectivity index is 1.40. The van der Waals surface area contributed by atoms with Crippen molar-refractivity contribution in [3.8, 4) is 11.1 Å². The molecule has 0 saturated heterocycles. The zero-order valence-corrected chi connectivity index (χ0v) is 25.4. The molecule has 4 rings (SSSR count). The van der Waals surface area contributed by atoms with E-state index in [0.29, 0.717) is 18.4 Å². The van der Waals surface area contributed by atoms with Crippen LogP contribution in [0.4, 0.5) is 0 Å². The summed E-state index contributed by atoms with van der Waals surface area (Å²) < 4.78 is 24.6. The van der Waals surface area contributed by atoms with Crippen molar-refractivity contribution in [1.82, 2.24) is 10.6 Å². The molecular weight excluding hydrogens is 583 g/mol. The van der Waals surface area contributed by atoms with E-state index in [2.05, 4.69) is 10.6 Å². The number of nitrogens with one attached hydrogen (secondary N) is 2. The van der Waals surface area contributed by atoms with E-state index in [9.17, 15) is 23.8 Å². The average molecular weight is 623 g/mol. The number of amides is 1. The number of carboxylic acids is 1. The summed E-state index contributed by atoms with van der Waals surface area (Å²) in [7, 11) is -4.28. The third-order valence-corrected chi connectivity index (χ3v) is 8.72. The van der Waals surface area contributed by atoms with Gasteiger partial charge in [-0.05, 0) is 60.9 Å². The number of hydrogen-bond acceptors (Lipinski definition) is 7. The van der Waals surface area contributed by atoms with Gasteiger partial charge in [-0.3, -0.25) is 19.5 Å². The van der Waals surface area contributed by atoms with Crippen LogP contribution in [0.2, 0.25) is 0 Å². The highest BCUT2D eigenvalue weighted by atomic mass is 31.2. The molecule has 234 valence electrons. The van der Waals surface area contributed by atoms with Gasteiger partial charge in [0.1, 0.15) is 5.60 Å². The maximum absolute atomic E-state index is 13.2. The standard InChI is InChI=1S/C33H39N2O8P/c36-30(37)18-21-34-31(38)29(22-25-14-16-27(17-15-25)26-10-4-1-5-11-26)35-24-44(40,41)42-23-33(19-8-3-9-20-33)43-32(39)28-12-6-2-7-13-28/h1-2,4-7,10-17,29,35H,3,8-9,18-24H2,(H,34,38)(H,36,37)(H,40,41). The molecule has 1 saturated carbocycles. The van der Waals surface area contributed by atoms with Crippen LogP contribution in [0, 0.1) is 0 Å². The van der Waals surface area contributed by atoms with Crippen LogP contribution in [0.5, 0.6) is 0 Å². The predicted molar refractivity (Wildman–Crippen MR) is 166 cm³/mol. The molecule has 0 aromatic heterocycles. The van der Waals surface area contributed by atoms with Crippen molar-refractivity contribution in [2.24, 2.45) is 0 Å². The largest absolute Gasteiger partial charge is 0.481 e. The molecule has 11 heteroatoms. The summed E-state index contributed by atoms with van der Waals surface area (Å²) in [5, 5.41) is 14.4. The fourth-order valence-electron chi connectivity index (χ4n) is 5.16. The van der Waals surface area contributed by atoms with Crippen molar-refractivity contribution in [1.29, 1.82) is 0 Å². The maximum Gasteiger partial charge on any atom is 0.341 e. The summed E-state index contributed by atoms with van der Waals surface area (Å²) in [6.45, 7) is -0.334. The lowest BCUT2D eigenvalue weighted by atomic mass is 9.85. The Bertz CT molecular complexity index is 1430. The van der Waals surface area contributed by atoms with E-state index in [1.165, 1.54) is 0 Å². The van der Waals surface area contributed by atoms with Crippen molar-refractivity contribution in [2.75, 3.05) is 19.4 Å².